The SMILES string of the molecule is CCNC(Cc1ccc(Cl)cc1Cl)C(C)CCOC. The van der Waals surface area contributed by atoms with E-state index < -0.39 is 0 Å². The Bertz CT molecular complexity index is 384. The van der Waals surface area contributed by atoms with E-state index in [9.17, 15) is 0 Å². The zero-order valence-electron chi connectivity index (χ0n) is 11.9. The number of methoxy groups -OCH3 is 1. The van der Waals surface area contributed by atoms with E-state index in [0.717, 1.165) is 36.6 Å². The first kappa shape index (κ1) is 16.8. The van der Waals surface area contributed by atoms with E-state index in [-0.39, 0.29) is 0 Å². The standard InChI is InChI=1S/C15H23Cl2NO/c1-4-18-15(11(2)7-8-19-3)9-12-5-6-13(16)10-14(12)17/h5-6,10-11,15,18H,4,7-9H2,1-3H3. The Morgan fingerprint density at radius 2 is 2.05 bits per heavy atom. The molecule has 2 atom stereocenters. The second-order valence-electron chi connectivity index (χ2n) is 4.86. The van der Waals surface area contributed by atoms with Gasteiger partial charge in [0.15, 0.2) is 0 Å². The van der Waals surface area contributed by atoms with Gasteiger partial charge in [0.1, 0.15) is 0 Å². The zero-order valence-corrected chi connectivity index (χ0v) is 13.4. The van der Waals surface area contributed by atoms with Gasteiger partial charge < -0.3 is 10.1 Å². The summed E-state index contributed by atoms with van der Waals surface area (Å²) in [7, 11) is 1.74. The van der Waals surface area contributed by atoms with Gasteiger partial charge in [-0.05, 0) is 43.0 Å². The predicted octanol–water partition coefficient (Wildman–Crippen LogP) is 4.19. The van der Waals surface area contributed by atoms with Crippen molar-refractivity contribution in [1.82, 2.24) is 5.32 Å². The van der Waals surface area contributed by atoms with Gasteiger partial charge in [0, 0.05) is 29.8 Å². The Kier molecular flexibility index (Phi) is 7.77. The summed E-state index contributed by atoms with van der Waals surface area (Å²) in [6, 6.07) is 6.11. The number of nitrogens with one attached hydrogen (secondary N) is 1. The van der Waals surface area contributed by atoms with Gasteiger partial charge in [-0.15, -0.1) is 0 Å². The molecule has 0 aliphatic heterocycles. The molecule has 0 aromatic heterocycles. The predicted molar refractivity (Wildman–Crippen MR) is 83.3 cm³/mol. The van der Waals surface area contributed by atoms with Crippen molar-refractivity contribution < 1.29 is 4.74 Å². The molecule has 0 saturated heterocycles. The quantitative estimate of drug-likeness (QED) is 0.777. The summed E-state index contributed by atoms with van der Waals surface area (Å²) in [5.41, 5.74) is 1.14. The third-order valence-corrected chi connectivity index (χ3v) is 3.97. The first-order valence-corrected chi connectivity index (χ1v) is 7.50. The van der Waals surface area contributed by atoms with Crippen LogP contribution in [-0.2, 0) is 11.2 Å². The van der Waals surface area contributed by atoms with E-state index in [1.807, 2.05) is 12.1 Å². The number of halogens is 2. The Hall–Kier alpha value is -0.280. The highest BCUT2D eigenvalue weighted by molar-refractivity contribution is 6.35. The third-order valence-electron chi connectivity index (χ3n) is 3.39. The highest BCUT2D eigenvalue weighted by Gasteiger charge is 2.17. The summed E-state index contributed by atoms with van der Waals surface area (Å²) >= 11 is 12.2. The van der Waals surface area contributed by atoms with Crippen LogP contribution in [0.3, 0.4) is 0 Å². The molecule has 0 aliphatic carbocycles. The summed E-state index contributed by atoms with van der Waals surface area (Å²) in [6.07, 6.45) is 1.95. The monoisotopic (exact) mass is 303 g/mol. The molecule has 0 radical (unpaired) electrons. The van der Waals surface area contributed by atoms with Gasteiger partial charge in [0.2, 0.25) is 0 Å². The van der Waals surface area contributed by atoms with Gasteiger partial charge in [0.25, 0.3) is 0 Å². The van der Waals surface area contributed by atoms with Gasteiger partial charge in [-0.2, -0.15) is 0 Å². The first-order chi connectivity index (χ1) is 9.08. The molecule has 19 heavy (non-hydrogen) atoms. The number of hydrogen-bond donors (Lipinski definition) is 1. The van der Waals surface area contributed by atoms with Crippen molar-refractivity contribution in [2.45, 2.75) is 32.7 Å². The molecule has 1 aromatic rings. The maximum absolute atomic E-state index is 6.25. The molecular weight excluding hydrogens is 281 g/mol. The summed E-state index contributed by atoms with van der Waals surface area (Å²) in [4.78, 5) is 0. The molecule has 0 heterocycles. The van der Waals surface area contributed by atoms with Gasteiger partial charge in [0.05, 0.1) is 0 Å². The molecule has 108 valence electrons. The van der Waals surface area contributed by atoms with Crippen LogP contribution in [0.1, 0.15) is 25.8 Å². The maximum Gasteiger partial charge on any atom is 0.0465 e. The molecule has 0 amide bonds. The van der Waals surface area contributed by atoms with Gasteiger partial charge in [-0.1, -0.05) is 43.1 Å². The lowest BCUT2D eigenvalue weighted by molar-refractivity contribution is 0.170. The van der Waals surface area contributed by atoms with E-state index >= 15 is 0 Å². The normalized spacial score (nSPS) is 14.4. The minimum Gasteiger partial charge on any atom is -0.385 e. The fourth-order valence-electron chi connectivity index (χ4n) is 2.17. The number of ether oxygens (including phenoxy) is 1. The van der Waals surface area contributed by atoms with E-state index in [1.54, 1.807) is 13.2 Å². The van der Waals surface area contributed by atoms with Crippen LogP contribution in [-0.4, -0.2) is 26.3 Å². The molecule has 2 unspecified atom stereocenters. The molecule has 0 aliphatic rings. The van der Waals surface area contributed by atoms with Crippen LogP contribution in [0.5, 0.6) is 0 Å². The minimum absolute atomic E-state index is 0.402. The average Bonchev–Trinajstić information content (AvgIpc) is 2.38. The first-order valence-electron chi connectivity index (χ1n) is 6.74. The van der Waals surface area contributed by atoms with Crippen LogP contribution in [0.15, 0.2) is 18.2 Å². The molecule has 2 nitrogen and oxygen atoms in total. The lowest BCUT2D eigenvalue weighted by Gasteiger charge is -2.25. The van der Waals surface area contributed by atoms with Gasteiger partial charge in [-0.3, -0.25) is 0 Å². The van der Waals surface area contributed by atoms with Crippen molar-refractivity contribution in [2.24, 2.45) is 5.92 Å². The highest BCUT2D eigenvalue weighted by atomic mass is 35.5. The van der Waals surface area contributed by atoms with Crippen LogP contribution in [0, 0.1) is 5.92 Å². The fourth-order valence-corrected chi connectivity index (χ4v) is 2.65. The second-order valence-corrected chi connectivity index (χ2v) is 5.71. The molecular formula is C15H23Cl2NO. The topological polar surface area (TPSA) is 21.3 Å². The largest absolute Gasteiger partial charge is 0.385 e. The molecule has 1 rings (SSSR count). The fraction of sp³-hybridized carbons (Fsp3) is 0.600. The van der Waals surface area contributed by atoms with Gasteiger partial charge >= 0.3 is 0 Å². The van der Waals surface area contributed by atoms with Crippen LogP contribution < -0.4 is 5.32 Å². The van der Waals surface area contributed by atoms with E-state index in [2.05, 4.69) is 19.2 Å². The summed E-state index contributed by atoms with van der Waals surface area (Å²) < 4.78 is 5.16. The highest BCUT2D eigenvalue weighted by Crippen LogP contribution is 2.24. The Balaban J connectivity index is 2.71. The zero-order chi connectivity index (χ0) is 14.3. The van der Waals surface area contributed by atoms with Crippen LogP contribution >= 0.6 is 23.2 Å². The molecule has 0 fully saturated rings. The Morgan fingerprint density at radius 3 is 2.63 bits per heavy atom. The number of likely N-dealkylation sites (N-methyl/N-ethyl adjacent to an activating group) is 1. The van der Waals surface area contributed by atoms with E-state index in [0.29, 0.717) is 17.0 Å². The van der Waals surface area contributed by atoms with Crippen molar-refractivity contribution in [1.29, 1.82) is 0 Å². The smallest absolute Gasteiger partial charge is 0.0465 e. The van der Waals surface area contributed by atoms with E-state index in [4.69, 9.17) is 27.9 Å². The summed E-state index contributed by atoms with van der Waals surface area (Å²) in [6.45, 7) is 6.11. The van der Waals surface area contributed by atoms with Crippen LogP contribution in [0.25, 0.3) is 0 Å². The minimum atomic E-state index is 0.402. The van der Waals surface area contributed by atoms with Crippen molar-refractivity contribution in [3.8, 4) is 0 Å². The number of hydrogen-bond acceptors (Lipinski definition) is 2. The van der Waals surface area contributed by atoms with Gasteiger partial charge in [-0.25, -0.2) is 0 Å². The summed E-state index contributed by atoms with van der Waals surface area (Å²) in [5, 5.41) is 4.96. The molecule has 0 bridgehead atoms. The molecule has 1 N–H and O–H groups in total. The van der Waals surface area contributed by atoms with Crippen LogP contribution in [0.2, 0.25) is 10.0 Å². The molecule has 1 aromatic carbocycles. The summed E-state index contributed by atoms with van der Waals surface area (Å²) in [5.74, 6) is 0.534. The molecule has 4 heteroatoms. The molecule has 0 spiro atoms. The lowest BCUT2D eigenvalue weighted by atomic mass is 9.92. The van der Waals surface area contributed by atoms with Crippen molar-refractivity contribution in [3.05, 3.63) is 33.8 Å². The Morgan fingerprint density at radius 1 is 1.32 bits per heavy atom. The van der Waals surface area contributed by atoms with Crippen molar-refractivity contribution in [2.75, 3.05) is 20.3 Å². The molecule has 0 saturated carbocycles. The van der Waals surface area contributed by atoms with Crippen LogP contribution in [0.4, 0.5) is 0 Å². The van der Waals surface area contributed by atoms with E-state index in [1.165, 1.54) is 0 Å². The Labute approximate surface area is 126 Å². The van der Waals surface area contributed by atoms with Crippen molar-refractivity contribution in [3.63, 3.8) is 0 Å². The number of benzene rings is 1. The van der Waals surface area contributed by atoms with Crippen molar-refractivity contribution >= 4 is 23.2 Å². The lowest BCUT2D eigenvalue weighted by Crippen LogP contribution is -2.37. The second kappa shape index (κ2) is 8.80. The maximum atomic E-state index is 6.25. The number of rotatable bonds is 8. The average molecular weight is 304 g/mol. The third kappa shape index (κ3) is 5.70.